The smallest absolute Gasteiger partial charge is 0.339 e. The number of ether oxygens (including phenoxy) is 1. The highest BCUT2D eigenvalue weighted by atomic mass is 35.5. The molecule has 0 aliphatic rings. The largest absolute Gasteiger partial charge is 0.465 e. The lowest BCUT2D eigenvalue weighted by Gasteiger charge is -2.01. The molecule has 1 rings (SSSR count). The van der Waals surface area contributed by atoms with Crippen molar-refractivity contribution in [3.8, 4) is 11.8 Å². The Labute approximate surface area is 98.1 Å². The maximum absolute atomic E-state index is 11.2. The number of rotatable bonds is 1. The molecule has 0 atom stereocenters. The van der Waals surface area contributed by atoms with Crippen LogP contribution in [0.5, 0.6) is 0 Å². The van der Waals surface area contributed by atoms with Crippen LogP contribution < -0.4 is 0 Å². The second-order valence-corrected chi connectivity index (χ2v) is 3.30. The monoisotopic (exact) mass is 242 g/mol. The number of carbonyl (C=O) groups excluding carboxylic acids is 1. The average molecular weight is 243 g/mol. The molecule has 0 spiro atoms. The molecule has 0 saturated heterocycles. The molecule has 0 fully saturated rings. The first-order valence-electron chi connectivity index (χ1n) is 4.11. The topological polar surface area (TPSA) is 26.3 Å². The van der Waals surface area contributed by atoms with E-state index in [0.717, 1.165) is 0 Å². The lowest BCUT2D eigenvalue weighted by molar-refractivity contribution is 0.0601. The summed E-state index contributed by atoms with van der Waals surface area (Å²) in [5.41, 5.74) is 1.05. The molecule has 0 aromatic heterocycles. The minimum absolute atomic E-state index is 0.260. The van der Waals surface area contributed by atoms with E-state index in [2.05, 4.69) is 16.6 Å². The van der Waals surface area contributed by atoms with Gasteiger partial charge in [-0.2, -0.15) is 0 Å². The van der Waals surface area contributed by atoms with Gasteiger partial charge in [-0.3, -0.25) is 0 Å². The number of hydrogen-bond acceptors (Lipinski definition) is 2. The van der Waals surface area contributed by atoms with E-state index < -0.39 is 5.97 Å². The first-order chi connectivity index (χ1) is 7.19. The van der Waals surface area contributed by atoms with Crippen molar-refractivity contribution < 1.29 is 9.53 Å². The van der Waals surface area contributed by atoms with E-state index in [1.165, 1.54) is 7.11 Å². The van der Waals surface area contributed by atoms with Gasteiger partial charge >= 0.3 is 5.97 Å². The maximum atomic E-state index is 11.2. The summed E-state index contributed by atoms with van der Waals surface area (Å²) >= 11 is 11.3. The summed E-state index contributed by atoms with van der Waals surface area (Å²) in [5.74, 6) is 5.29. The lowest BCUT2D eigenvalue weighted by Crippen LogP contribution is -2.01. The summed E-state index contributed by atoms with van der Waals surface area (Å²) in [6.07, 6.45) is 0. The number of halogens is 2. The van der Waals surface area contributed by atoms with E-state index in [1.54, 1.807) is 18.2 Å². The van der Waals surface area contributed by atoms with Crippen LogP contribution in [0, 0.1) is 11.8 Å². The number of carbonyl (C=O) groups is 1. The lowest BCUT2D eigenvalue weighted by atomic mass is 10.1. The summed E-state index contributed by atoms with van der Waals surface area (Å²) in [4.78, 5) is 11.2. The summed E-state index contributed by atoms with van der Waals surface area (Å²) in [6.45, 7) is 0. The number of alkyl halides is 1. The van der Waals surface area contributed by atoms with Crippen LogP contribution >= 0.6 is 23.2 Å². The maximum Gasteiger partial charge on any atom is 0.339 e. The van der Waals surface area contributed by atoms with Gasteiger partial charge in [-0.15, -0.1) is 11.6 Å². The van der Waals surface area contributed by atoms with Gasteiger partial charge in [0.25, 0.3) is 0 Å². The SMILES string of the molecule is COC(=O)c1ccc(C#CCCl)cc1Cl. The van der Waals surface area contributed by atoms with Crippen LogP contribution in [0.4, 0.5) is 0 Å². The number of esters is 1. The Hall–Kier alpha value is -1.17. The molecule has 78 valence electrons. The number of hydrogen-bond donors (Lipinski definition) is 0. The van der Waals surface area contributed by atoms with Crippen LogP contribution in [-0.2, 0) is 4.74 Å². The molecular weight excluding hydrogens is 235 g/mol. The minimum atomic E-state index is -0.461. The third-order valence-corrected chi connectivity index (χ3v) is 2.12. The van der Waals surface area contributed by atoms with Gasteiger partial charge in [0, 0.05) is 5.56 Å². The van der Waals surface area contributed by atoms with Crippen molar-refractivity contribution in [3.63, 3.8) is 0 Å². The Morgan fingerprint density at radius 1 is 1.53 bits per heavy atom. The van der Waals surface area contributed by atoms with Crippen LogP contribution in [-0.4, -0.2) is 19.0 Å². The van der Waals surface area contributed by atoms with E-state index in [4.69, 9.17) is 23.2 Å². The Balaban J connectivity index is 3.03. The molecule has 0 N–H and O–H groups in total. The highest BCUT2D eigenvalue weighted by molar-refractivity contribution is 6.33. The standard InChI is InChI=1S/C11H8Cl2O2/c1-15-11(14)9-5-4-8(3-2-6-12)7-10(9)13/h4-5,7H,6H2,1H3. The molecular formula is C11H8Cl2O2. The van der Waals surface area contributed by atoms with Gasteiger partial charge in [0.1, 0.15) is 0 Å². The summed E-state index contributed by atoms with van der Waals surface area (Å²) in [6, 6.07) is 4.87. The second-order valence-electron chi connectivity index (χ2n) is 2.62. The third-order valence-electron chi connectivity index (χ3n) is 1.67. The van der Waals surface area contributed by atoms with E-state index in [0.29, 0.717) is 16.1 Å². The summed E-state index contributed by atoms with van der Waals surface area (Å²) < 4.78 is 4.56. The van der Waals surface area contributed by atoms with Gasteiger partial charge < -0.3 is 4.74 Å². The minimum Gasteiger partial charge on any atom is -0.465 e. The molecule has 0 aliphatic carbocycles. The van der Waals surface area contributed by atoms with Gasteiger partial charge in [0.2, 0.25) is 0 Å². The fourth-order valence-electron chi connectivity index (χ4n) is 1.00. The predicted molar refractivity (Wildman–Crippen MR) is 60.4 cm³/mol. The molecule has 0 bridgehead atoms. The highest BCUT2D eigenvalue weighted by Crippen LogP contribution is 2.18. The van der Waals surface area contributed by atoms with Crippen molar-refractivity contribution >= 4 is 29.2 Å². The van der Waals surface area contributed by atoms with Crippen molar-refractivity contribution in [2.45, 2.75) is 0 Å². The van der Waals surface area contributed by atoms with Gasteiger partial charge in [-0.1, -0.05) is 23.4 Å². The van der Waals surface area contributed by atoms with E-state index in [-0.39, 0.29) is 5.88 Å². The Kier molecular flexibility index (Phi) is 4.48. The van der Waals surface area contributed by atoms with Crippen molar-refractivity contribution in [1.29, 1.82) is 0 Å². The van der Waals surface area contributed by atoms with E-state index >= 15 is 0 Å². The summed E-state index contributed by atoms with van der Waals surface area (Å²) in [7, 11) is 1.31. The van der Waals surface area contributed by atoms with E-state index in [9.17, 15) is 4.79 Å². The molecule has 1 aromatic rings. The molecule has 1 aromatic carbocycles. The fourth-order valence-corrected chi connectivity index (χ4v) is 1.33. The Morgan fingerprint density at radius 3 is 2.80 bits per heavy atom. The molecule has 2 nitrogen and oxygen atoms in total. The second kappa shape index (κ2) is 5.65. The average Bonchev–Trinajstić information content (AvgIpc) is 2.25. The van der Waals surface area contributed by atoms with Crippen LogP contribution in [0.2, 0.25) is 5.02 Å². The first-order valence-corrected chi connectivity index (χ1v) is 5.03. The van der Waals surface area contributed by atoms with Gasteiger partial charge in [0.15, 0.2) is 0 Å². The molecule has 0 radical (unpaired) electrons. The highest BCUT2D eigenvalue weighted by Gasteiger charge is 2.09. The quantitative estimate of drug-likeness (QED) is 0.430. The van der Waals surface area contributed by atoms with Gasteiger partial charge in [0.05, 0.1) is 23.6 Å². The molecule has 4 heteroatoms. The predicted octanol–water partition coefficient (Wildman–Crippen LogP) is 2.72. The molecule has 0 saturated carbocycles. The zero-order chi connectivity index (χ0) is 11.3. The van der Waals surface area contributed by atoms with Crippen molar-refractivity contribution in [2.75, 3.05) is 13.0 Å². The molecule has 15 heavy (non-hydrogen) atoms. The fraction of sp³-hybridized carbons (Fsp3) is 0.182. The van der Waals surface area contributed by atoms with Crippen LogP contribution in [0.1, 0.15) is 15.9 Å². The Bertz CT molecular complexity index is 430. The zero-order valence-electron chi connectivity index (χ0n) is 8.01. The van der Waals surface area contributed by atoms with Crippen molar-refractivity contribution in [1.82, 2.24) is 0 Å². The Morgan fingerprint density at radius 2 is 2.27 bits per heavy atom. The van der Waals surface area contributed by atoms with Gasteiger partial charge in [-0.05, 0) is 18.2 Å². The van der Waals surface area contributed by atoms with Crippen LogP contribution in [0.25, 0.3) is 0 Å². The number of benzene rings is 1. The normalized spacial score (nSPS) is 9.00. The van der Waals surface area contributed by atoms with Gasteiger partial charge in [-0.25, -0.2) is 4.79 Å². The zero-order valence-corrected chi connectivity index (χ0v) is 9.52. The first kappa shape index (κ1) is 11.9. The van der Waals surface area contributed by atoms with Crippen LogP contribution in [0.15, 0.2) is 18.2 Å². The third kappa shape index (κ3) is 3.16. The number of methoxy groups -OCH3 is 1. The molecule has 0 heterocycles. The van der Waals surface area contributed by atoms with Crippen LogP contribution in [0.3, 0.4) is 0 Å². The molecule has 0 aliphatic heterocycles. The van der Waals surface area contributed by atoms with Crippen molar-refractivity contribution in [2.24, 2.45) is 0 Å². The summed E-state index contributed by atoms with van der Waals surface area (Å²) in [5, 5.41) is 0.322. The molecule has 0 amide bonds. The molecule has 0 unspecified atom stereocenters. The van der Waals surface area contributed by atoms with Crippen molar-refractivity contribution in [3.05, 3.63) is 34.3 Å². The van der Waals surface area contributed by atoms with E-state index in [1.807, 2.05) is 0 Å².